The lowest BCUT2D eigenvalue weighted by molar-refractivity contribution is -0.0504. The number of alkyl halides is 2. The molecule has 1 aromatic rings. The molecule has 0 aliphatic heterocycles. The zero-order valence-corrected chi connectivity index (χ0v) is 11.6. The van der Waals surface area contributed by atoms with Crippen LogP contribution in [0.15, 0.2) is 24.3 Å². The third kappa shape index (κ3) is 7.12. The van der Waals surface area contributed by atoms with Gasteiger partial charge in [-0.3, -0.25) is 0 Å². The Labute approximate surface area is 121 Å². The van der Waals surface area contributed by atoms with E-state index in [1.165, 1.54) is 0 Å². The molecule has 1 unspecified atom stereocenters. The van der Waals surface area contributed by atoms with Crippen LogP contribution in [0.4, 0.5) is 8.78 Å². The normalized spacial score (nSPS) is 13.4. The third-order valence-electron chi connectivity index (χ3n) is 2.49. The molecule has 20 heavy (non-hydrogen) atoms. The molecule has 0 heterocycles. The van der Waals surface area contributed by atoms with Crippen LogP contribution in [0.3, 0.4) is 0 Å². The van der Waals surface area contributed by atoms with Crippen molar-refractivity contribution in [2.45, 2.75) is 18.6 Å². The van der Waals surface area contributed by atoms with Crippen molar-refractivity contribution >= 4 is 11.6 Å². The van der Waals surface area contributed by atoms with Crippen molar-refractivity contribution in [3.8, 4) is 0 Å². The molecule has 0 amide bonds. The fraction of sp³-hybridized carbons (Fsp3) is 0.538. The quantitative estimate of drug-likeness (QED) is 0.646. The highest BCUT2D eigenvalue weighted by molar-refractivity contribution is 6.30. The van der Waals surface area contributed by atoms with E-state index in [4.69, 9.17) is 21.4 Å². The number of halogens is 3. The van der Waals surface area contributed by atoms with Gasteiger partial charge in [0.25, 0.3) is 5.92 Å². The summed E-state index contributed by atoms with van der Waals surface area (Å²) in [5.74, 6) is -3.18. The van der Waals surface area contributed by atoms with Gasteiger partial charge in [0.15, 0.2) is 0 Å². The number of ether oxygens (including phenoxy) is 1. The first kappa shape index (κ1) is 17.3. The molecule has 0 bridgehead atoms. The summed E-state index contributed by atoms with van der Waals surface area (Å²) in [4.78, 5) is 0. The van der Waals surface area contributed by atoms with E-state index in [9.17, 15) is 13.9 Å². The van der Waals surface area contributed by atoms with Gasteiger partial charge < -0.3 is 20.3 Å². The molecular weight excluding hydrogens is 292 g/mol. The Balaban J connectivity index is 2.14. The Morgan fingerprint density at radius 3 is 2.55 bits per heavy atom. The molecule has 0 saturated carbocycles. The van der Waals surface area contributed by atoms with Gasteiger partial charge in [-0.1, -0.05) is 23.7 Å². The number of hydrogen-bond acceptors (Lipinski definition) is 4. The van der Waals surface area contributed by atoms with E-state index >= 15 is 0 Å². The smallest absolute Gasteiger partial charge is 0.282 e. The monoisotopic (exact) mass is 309 g/mol. The first-order valence-corrected chi connectivity index (χ1v) is 6.50. The van der Waals surface area contributed by atoms with E-state index in [1.807, 2.05) is 0 Å². The molecule has 4 nitrogen and oxygen atoms in total. The van der Waals surface area contributed by atoms with Crippen LogP contribution in [0, 0.1) is 0 Å². The molecule has 3 N–H and O–H groups in total. The van der Waals surface area contributed by atoms with E-state index < -0.39 is 25.2 Å². The number of hydrogen-bond donors (Lipinski definition) is 3. The molecule has 0 fully saturated rings. The Bertz CT molecular complexity index is 390. The van der Waals surface area contributed by atoms with Crippen molar-refractivity contribution in [1.82, 2.24) is 5.32 Å². The van der Waals surface area contributed by atoms with E-state index in [0.717, 1.165) is 5.56 Å². The van der Waals surface area contributed by atoms with Gasteiger partial charge in [-0.2, -0.15) is 0 Å². The Hall–Kier alpha value is -0.790. The lowest BCUT2D eigenvalue weighted by Crippen LogP contribution is -2.40. The topological polar surface area (TPSA) is 61.7 Å². The van der Waals surface area contributed by atoms with Crippen LogP contribution >= 0.6 is 11.6 Å². The zero-order valence-electron chi connectivity index (χ0n) is 10.9. The number of nitrogens with one attached hydrogen (secondary N) is 1. The average molecular weight is 310 g/mol. The van der Waals surface area contributed by atoms with Gasteiger partial charge in [0.1, 0.15) is 6.61 Å². The summed E-state index contributed by atoms with van der Waals surface area (Å²) >= 11 is 5.73. The molecule has 0 aliphatic carbocycles. The van der Waals surface area contributed by atoms with Gasteiger partial charge in [-0.15, -0.1) is 0 Å². The lowest BCUT2D eigenvalue weighted by Gasteiger charge is -2.16. The predicted molar refractivity (Wildman–Crippen MR) is 72.0 cm³/mol. The summed E-state index contributed by atoms with van der Waals surface area (Å²) < 4.78 is 30.6. The fourth-order valence-electron chi connectivity index (χ4n) is 1.43. The van der Waals surface area contributed by atoms with Crippen LogP contribution in [0.25, 0.3) is 0 Å². The summed E-state index contributed by atoms with van der Waals surface area (Å²) in [6, 6.07) is 7.06. The second-order valence-electron chi connectivity index (χ2n) is 4.44. The highest BCUT2D eigenvalue weighted by Crippen LogP contribution is 2.11. The Morgan fingerprint density at radius 2 is 1.95 bits per heavy atom. The largest absolute Gasteiger partial charge is 0.390 e. The van der Waals surface area contributed by atoms with Crippen molar-refractivity contribution in [3.63, 3.8) is 0 Å². The molecule has 0 aliphatic rings. The Kier molecular flexibility index (Phi) is 7.32. The van der Waals surface area contributed by atoms with Crippen LogP contribution in [0.2, 0.25) is 5.02 Å². The van der Waals surface area contributed by atoms with Gasteiger partial charge in [-0.05, 0) is 17.7 Å². The third-order valence-corrected chi connectivity index (χ3v) is 2.74. The van der Waals surface area contributed by atoms with E-state index in [1.54, 1.807) is 24.3 Å². The van der Waals surface area contributed by atoms with Crippen LogP contribution in [-0.4, -0.2) is 48.5 Å². The maximum Gasteiger partial charge on any atom is 0.282 e. The molecule has 1 aromatic carbocycles. The second kappa shape index (κ2) is 8.49. The van der Waals surface area contributed by atoms with Crippen LogP contribution in [-0.2, 0) is 11.3 Å². The molecule has 114 valence electrons. The molecule has 1 rings (SSSR count). The maximum absolute atomic E-state index is 12.7. The van der Waals surface area contributed by atoms with Crippen LogP contribution in [0.1, 0.15) is 5.56 Å². The summed E-state index contributed by atoms with van der Waals surface area (Å²) in [5.41, 5.74) is 0.904. The summed E-state index contributed by atoms with van der Waals surface area (Å²) in [6.07, 6.45) is -0.892. The number of aliphatic hydroxyl groups excluding tert-OH is 2. The van der Waals surface area contributed by atoms with Gasteiger partial charge in [0.2, 0.25) is 0 Å². The second-order valence-corrected chi connectivity index (χ2v) is 4.88. The van der Waals surface area contributed by atoms with Crippen molar-refractivity contribution in [2.75, 3.05) is 26.3 Å². The minimum absolute atomic E-state index is 0.0281. The number of aliphatic hydroxyl groups is 2. The van der Waals surface area contributed by atoms with Gasteiger partial charge in [0, 0.05) is 11.6 Å². The summed E-state index contributed by atoms with van der Waals surface area (Å²) in [7, 11) is 0. The van der Waals surface area contributed by atoms with Crippen molar-refractivity contribution in [3.05, 3.63) is 34.9 Å². The highest BCUT2D eigenvalue weighted by Gasteiger charge is 2.27. The molecule has 0 radical (unpaired) electrons. The van der Waals surface area contributed by atoms with Gasteiger partial charge in [-0.25, -0.2) is 8.78 Å². The minimum Gasteiger partial charge on any atom is -0.390 e. The first-order chi connectivity index (χ1) is 9.43. The lowest BCUT2D eigenvalue weighted by atomic mass is 10.2. The zero-order chi connectivity index (χ0) is 15.0. The molecule has 7 heteroatoms. The number of rotatable bonds is 9. The standard InChI is InChI=1S/C13H18ClF2NO3/c14-11-3-1-10(2-4-11)6-20-7-12(19)5-17-8-13(15,16)9-18/h1-4,12,17-19H,5-9H2. The van der Waals surface area contributed by atoms with Crippen molar-refractivity contribution < 1.29 is 23.7 Å². The molecular formula is C13H18ClF2NO3. The van der Waals surface area contributed by atoms with E-state index in [0.29, 0.717) is 11.6 Å². The summed E-state index contributed by atoms with van der Waals surface area (Å²) in [6.45, 7) is -1.60. The van der Waals surface area contributed by atoms with Crippen molar-refractivity contribution in [2.24, 2.45) is 0 Å². The minimum atomic E-state index is -3.18. The molecule has 0 saturated heterocycles. The van der Waals surface area contributed by atoms with Gasteiger partial charge in [0.05, 0.1) is 25.9 Å². The van der Waals surface area contributed by atoms with Gasteiger partial charge >= 0.3 is 0 Å². The van der Waals surface area contributed by atoms with E-state index in [-0.39, 0.29) is 13.2 Å². The first-order valence-electron chi connectivity index (χ1n) is 6.12. The fourth-order valence-corrected chi connectivity index (χ4v) is 1.56. The Morgan fingerprint density at radius 1 is 1.30 bits per heavy atom. The van der Waals surface area contributed by atoms with Crippen molar-refractivity contribution in [1.29, 1.82) is 0 Å². The molecule has 0 spiro atoms. The molecule has 0 aromatic heterocycles. The van der Waals surface area contributed by atoms with Crippen LogP contribution in [0.5, 0.6) is 0 Å². The highest BCUT2D eigenvalue weighted by atomic mass is 35.5. The maximum atomic E-state index is 12.7. The average Bonchev–Trinajstić information content (AvgIpc) is 2.41. The van der Waals surface area contributed by atoms with Crippen LogP contribution < -0.4 is 5.32 Å². The van der Waals surface area contributed by atoms with E-state index in [2.05, 4.69) is 5.32 Å². The number of benzene rings is 1. The molecule has 1 atom stereocenters. The predicted octanol–water partition coefficient (Wildman–Crippen LogP) is 1.43. The SMILES string of the molecule is OCC(F)(F)CNCC(O)COCc1ccc(Cl)cc1. The summed E-state index contributed by atoms with van der Waals surface area (Å²) in [5, 5.41) is 20.9.